The molecule has 0 saturated carbocycles. The number of carbonyl (C=O) groups excluding carboxylic acids is 2. The van der Waals surface area contributed by atoms with Crippen LogP contribution in [0.25, 0.3) is 0 Å². The Balaban J connectivity index is 1.85. The Bertz CT molecular complexity index is 1760. The second-order valence-electron chi connectivity index (χ2n) is 12.0. The third-order valence-electron chi connectivity index (χ3n) is 7.15. The van der Waals surface area contributed by atoms with E-state index < -0.39 is 34.1 Å². The van der Waals surface area contributed by atoms with E-state index in [1.54, 1.807) is 31.2 Å². The van der Waals surface area contributed by atoms with Crippen LogP contribution < -0.4 is 14.4 Å². The molecule has 8 nitrogen and oxygen atoms in total. The standard InChI is InChI=1S/C36H39BrClN3O5S/c1-5-46-33-14-10-9-13-31(33)41(47(44,45)30-21-19-29(38)20-22-30)25-34(42)40(24-27-15-17-28(37)18-16-27)32(35(43)39-36(2,3)4)23-26-11-7-6-8-12-26/h6-22,32H,5,23-25H2,1-4H3,(H,39,43)/t32-/m0/s1. The molecule has 1 atom stereocenters. The van der Waals surface area contributed by atoms with Gasteiger partial charge in [0.05, 0.1) is 17.2 Å². The van der Waals surface area contributed by atoms with Crippen LogP contribution in [-0.2, 0) is 32.6 Å². The van der Waals surface area contributed by atoms with Crippen molar-refractivity contribution in [1.82, 2.24) is 10.2 Å². The third-order valence-corrected chi connectivity index (χ3v) is 9.70. The average molecular weight is 741 g/mol. The summed E-state index contributed by atoms with van der Waals surface area (Å²) in [5.74, 6) is -0.624. The summed E-state index contributed by atoms with van der Waals surface area (Å²) >= 11 is 9.54. The summed E-state index contributed by atoms with van der Waals surface area (Å²) in [5.41, 5.74) is 1.23. The summed E-state index contributed by atoms with van der Waals surface area (Å²) in [6, 6.07) is 28.3. The van der Waals surface area contributed by atoms with Gasteiger partial charge in [0.15, 0.2) is 0 Å². The van der Waals surface area contributed by atoms with E-state index in [9.17, 15) is 18.0 Å². The SMILES string of the molecule is CCOc1ccccc1N(CC(=O)N(Cc1ccc(Br)cc1)[C@@H](Cc1ccccc1)C(=O)NC(C)(C)C)S(=O)(=O)c1ccc(Cl)cc1. The smallest absolute Gasteiger partial charge is 0.264 e. The molecule has 4 aromatic carbocycles. The van der Waals surface area contributed by atoms with Gasteiger partial charge in [0.1, 0.15) is 18.3 Å². The molecule has 47 heavy (non-hydrogen) atoms. The Hall–Kier alpha value is -3.86. The number of carbonyl (C=O) groups is 2. The molecule has 2 amide bonds. The molecule has 0 aliphatic heterocycles. The van der Waals surface area contributed by atoms with Gasteiger partial charge in [-0.3, -0.25) is 13.9 Å². The summed E-state index contributed by atoms with van der Waals surface area (Å²) < 4.78 is 36.3. The number of benzene rings is 4. The third kappa shape index (κ3) is 9.82. The molecule has 0 aliphatic rings. The number of anilines is 1. The highest BCUT2D eigenvalue weighted by atomic mass is 79.9. The van der Waals surface area contributed by atoms with E-state index in [1.807, 2.05) is 75.4 Å². The maximum absolute atomic E-state index is 14.7. The van der Waals surface area contributed by atoms with Gasteiger partial charge in [-0.15, -0.1) is 0 Å². The van der Waals surface area contributed by atoms with Gasteiger partial charge in [0, 0.05) is 28.0 Å². The molecule has 0 aliphatic carbocycles. The molecule has 11 heteroatoms. The number of para-hydroxylation sites is 2. The lowest BCUT2D eigenvalue weighted by Crippen LogP contribution is -2.56. The number of halogens is 2. The predicted octanol–water partition coefficient (Wildman–Crippen LogP) is 7.25. The van der Waals surface area contributed by atoms with Gasteiger partial charge in [0.25, 0.3) is 10.0 Å². The Kier molecular flexibility index (Phi) is 12.1. The van der Waals surface area contributed by atoms with Crippen molar-refractivity contribution in [3.05, 3.63) is 124 Å². The summed E-state index contributed by atoms with van der Waals surface area (Å²) in [5, 5.41) is 3.41. The summed E-state index contributed by atoms with van der Waals surface area (Å²) in [6.07, 6.45) is 0.213. The minimum absolute atomic E-state index is 0.0493. The summed E-state index contributed by atoms with van der Waals surface area (Å²) in [6.45, 7) is 7.15. The highest BCUT2D eigenvalue weighted by Crippen LogP contribution is 2.33. The number of amides is 2. The van der Waals surface area contributed by atoms with E-state index in [0.29, 0.717) is 10.8 Å². The molecule has 1 N–H and O–H groups in total. The van der Waals surface area contributed by atoms with Gasteiger partial charge in [-0.1, -0.05) is 82.1 Å². The lowest BCUT2D eigenvalue weighted by molar-refractivity contribution is -0.140. The summed E-state index contributed by atoms with van der Waals surface area (Å²) in [7, 11) is -4.31. The maximum atomic E-state index is 14.7. The monoisotopic (exact) mass is 739 g/mol. The van der Waals surface area contributed by atoms with Crippen LogP contribution in [0.15, 0.2) is 112 Å². The predicted molar refractivity (Wildman–Crippen MR) is 190 cm³/mol. The summed E-state index contributed by atoms with van der Waals surface area (Å²) in [4.78, 5) is 30.1. The topological polar surface area (TPSA) is 96.0 Å². The molecule has 4 rings (SSSR count). The van der Waals surface area contributed by atoms with E-state index in [1.165, 1.54) is 29.2 Å². The van der Waals surface area contributed by atoms with Gasteiger partial charge < -0.3 is 15.0 Å². The number of nitrogens with one attached hydrogen (secondary N) is 1. The van der Waals surface area contributed by atoms with Crippen molar-refractivity contribution in [3.63, 3.8) is 0 Å². The average Bonchev–Trinajstić information content (AvgIpc) is 3.02. The first-order valence-electron chi connectivity index (χ1n) is 15.2. The van der Waals surface area contributed by atoms with Gasteiger partial charge in [-0.05, 0) is 87.4 Å². The van der Waals surface area contributed by atoms with E-state index in [-0.39, 0.29) is 36.1 Å². The fraction of sp³-hybridized carbons (Fsp3) is 0.278. The molecular weight excluding hydrogens is 702 g/mol. The molecule has 0 radical (unpaired) electrons. The van der Waals surface area contributed by atoms with Crippen LogP contribution in [0.3, 0.4) is 0 Å². The molecule has 0 bridgehead atoms. The Morgan fingerprint density at radius 3 is 2.11 bits per heavy atom. The number of ether oxygens (including phenoxy) is 1. The van der Waals surface area contributed by atoms with E-state index in [2.05, 4.69) is 21.2 Å². The number of nitrogens with zero attached hydrogens (tertiary/aromatic N) is 2. The van der Waals surface area contributed by atoms with Crippen molar-refractivity contribution in [2.24, 2.45) is 0 Å². The fourth-order valence-electron chi connectivity index (χ4n) is 4.98. The van der Waals surface area contributed by atoms with Gasteiger partial charge >= 0.3 is 0 Å². The van der Waals surface area contributed by atoms with E-state index in [0.717, 1.165) is 19.9 Å². The Labute approximate surface area is 290 Å². The molecule has 0 heterocycles. The Morgan fingerprint density at radius 1 is 0.872 bits per heavy atom. The zero-order chi connectivity index (χ0) is 34.2. The van der Waals surface area contributed by atoms with Gasteiger partial charge in [-0.2, -0.15) is 0 Å². The second-order valence-corrected chi connectivity index (χ2v) is 15.2. The zero-order valence-corrected chi connectivity index (χ0v) is 30.0. The first-order valence-corrected chi connectivity index (χ1v) is 17.8. The van der Waals surface area contributed by atoms with Crippen LogP contribution >= 0.6 is 27.5 Å². The van der Waals surface area contributed by atoms with Crippen molar-refractivity contribution in [2.75, 3.05) is 17.5 Å². The molecule has 0 fully saturated rings. The lowest BCUT2D eigenvalue weighted by atomic mass is 10.0. The zero-order valence-electron chi connectivity index (χ0n) is 26.8. The van der Waals surface area contributed by atoms with Crippen molar-refractivity contribution in [3.8, 4) is 5.75 Å². The Morgan fingerprint density at radius 2 is 1.49 bits per heavy atom. The first kappa shape index (κ1) is 36.0. The minimum atomic E-state index is -4.31. The number of sulfonamides is 1. The van der Waals surface area contributed by atoms with Crippen molar-refractivity contribution < 1.29 is 22.7 Å². The van der Waals surface area contributed by atoms with Crippen LogP contribution in [0.1, 0.15) is 38.8 Å². The highest BCUT2D eigenvalue weighted by Gasteiger charge is 2.36. The van der Waals surface area contributed by atoms with E-state index >= 15 is 0 Å². The number of rotatable bonds is 13. The van der Waals surface area contributed by atoms with Crippen LogP contribution in [0.2, 0.25) is 5.02 Å². The molecule has 248 valence electrons. The van der Waals surface area contributed by atoms with Crippen LogP contribution in [0, 0.1) is 0 Å². The molecule has 0 unspecified atom stereocenters. The maximum Gasteiger partial charge on any atom is 0.264 e. The number of hydrogen-bond acceptors (Lipinski definition) is 5. The van der Waals surface area contributed by atoms with Crippen molar-refractivity contribution in [1.29, 1.82) is 0 Å². The van der Waals surface area contributed by atoms with Crippen molar-refractivity contribution in [2.45, 2.75) is 57.1 Å². The largest absolute Gasteiger partial charge is 0.492 e. The van der Waals surface area contributed by atoms with Crippen LogP contribution in [0.4, 0.5) is 5.69 Å². The van der Waals surface area contributed by atoms with Gasteiger partial charge in [0.2, 0.25) is 11.8 Å². The number of hydrogen-bond donors (Lipinski definition) is 1. The molecular formula is C36H39BrClN3O5S. The quantitative estimate of drug-likeness (QED) is 0.156. The molecule has 0 spiro atoms. The fourth-order valence-corrected chi connectivity index (χ4v) is 6.80. The van der Waals surface area contributed by atoms with Crippen LogP contribution in [0.5, 0.6) is 5.75 Å². The molecule has 0 aromatic heterocycles. The minimum Gasteiger partial charge on any atom is -0.492 e. The first-order chi connectivity index (χ1) is 22.3. The van der Waals surface area contributed by atoms with E-state index in [4.69, 9.17) is 16.3 Å². The van der Waals surface area contributed by atoms with Crippen molar-refractivity contribution >= 4 is 55.1 Å². The molecule has 4 aromatic rings. The van der Waals surface area contributed by atoms with Gasteiger partial charge in [-0.25, -0.2) is 8.42 Å². The highest BCUT2D eigenvalue weighted by molar-refractivity contribution is 9.10. The van der Waals surface area contributed by atoms with Crippen LogP contribution in [-0.4, -0.2) is 49.9 Å². The molecule has 0 saturated heterocycles. The second kappa shape index (κ2) is 15.8. The lowest BCUT2D eigenvalue weighted by Gasteiger charge is -2.35. The normalized spacial score (nSPS) is 12.2.